The Bertz CT molecular complexity index is 896. The molecule has 1 aliphatic rings. The third-order valence-electron chi connectivity index (χ3n) is 5.24. The van der Waals surface area contributed by atoms with Crippen molar-refractivity contribution < 1.29 is 0 Å². The summed E-state index contributed by atoms with van der Waals surface area (Å²) in [5.74, 6) is 1.87. The van der Waals surface area contributed by atoms with Crippen LogP contribution in [0.4, 0.5) is 11.6 Å². The molecule has 27 heavy (non-hydrogen) atoms. The molecular weight excluding hydrogens is 336 g/mol. The van der Waals surface area contributed by atoms with Crippen LogP contribution in [-0.4, -0.2) is 32.8 Å². The molecule has 1 N–H and O–H groups in total. The molecule has 1 aromatic carbocycles. The van der Waals surface area contributed by atoms with Crippen molar-refractivity contribution in [3.8, 4) is 0 Å². The monoisotopic (exact) mass is 362 g/mol. The lowest BCUT2D eigenvalue weighted by molar-refractivity contribution is 0.658. The van der Waals surface area contributed by atoms with Crippen LogP contribution in [-0.2, 0) is 13.1 Å². The van der Waals surface area contributed by atoms with Crippen LogP contribution in [0.15, 0.2) is 42.7 Å². The van der Waals surface area contributed by atoms with E-state index in [1.165, 1.54) is 29.7 Å². The minimum atomic E-state index is 0.711. The maximum Gasteiger partial charge on any atom is 0.134 e. The van der Waals surface area contributed by atoms with E-state index in [9.17, 15) is 0 Å². The zero-order valence-corrected chi connectivity index (χ0v) is 16.0. The lowest BCUT2D eigenvalue weighted by Crippen LogP contribution is -2.19. The van der Waals surface area contributed by atoms with E-state index in [1.807, 2.05) is 12.1 Å². The highest BCUT2D eigenvalue weighted by molar-refractivity contribution is 5.49. The van der Waals surface area contributed by atoms with Crippen LogP contribution >= 0.6 is 0 Å². The van der Waals surface area contributed by atoms with E-state index in [4.69, 9.17) is 5.10 Å². The second kappa shape index (κ2) is 7.78. The molecule has 0 spiro atoms. The van der Waals surface area contributed by atoms with Crippen molar-refractivity contribution >= 4 is 11.6 Å². The van der Waals surface area contributed by atoms with Gasteiger partial charge in [0.05, 0.1) is 12.2 Å². The standard InChI is InChI=1S/C21H26N6/c1-16-19(17(2)27(25-16)14-18-8-4-3-5-9-18)13-22-20-12-21(24-15-23-20)26-10-6-7-11-26/h3-5,8-9,12,15H,6-7,10-11,13-14H2,1-2H3,(H,22,23,24). The topological polar surface area (TPSA) is 58.9 Å². The number of aromatic nitrogens is 4. The Morgan fingerprint density at radius 1 is 1.04 bits per heavy atom. The number of rotatable bonds is 6. The van der Waals surface area contributed by atoms with E-state index in [-0.39, 0.29) is 0 Å². The van der Waals surface area contributed by atoms with Crippen LogP contribution in [0.25, 0.3) is 0 Å². The third-order valence-corrected chi connectivity index (χ3v) is 5.24. The fourth-order valence-electron chi connectivity index (χ4n) is 3.64. The van der Waals surface area contributed by atoms with Crippen molar-refractivity contribution in [2.24, 2.45) is 0 Å². The van der Waals surface area contributed by atoms with Gasteiger partial charge in [-0.2, -0.15) is 5.10 Å². The summed E-state index contributed by atoms with van der Waals surface area (Å²) in [5.41, 5.74) is 4.74. The first-order valence-corrected chi connectivity index (χ1v) is 9.58. The molecule has 6 heteroatoms. The molecule has 3 aromatic rings. The summed E-state index contributed by atoms with van der Waals surface area (Å²) in [4.78, 5) is 11.1. The molecule has 0 atom stereocenters. The molecule has 1 saturated heterocycles. The minimum Gasteiger partial charge on any atom is -0.366 e. The average molecular weight is 362 g/mol. The summed E-state index contributed by atoms with van der Waals surface area (Å²) in [7, 11) is 0. The predicted molar refractivity (Wildman–Crippen MR) is 108 cm³/mol. The second-order valence-corrected chi connectivity index (χ2v) is 7.10. The maximum absolute atomic E-state index is 4.73. The van der Waals surface area contributed by atoms with Crippen LogP contribution in [0.3, 0.4) is 0 Å². The number of nitrogens with one attached hydrogen (secondary N) is 1. The highest BCUT2D eigenvalue weighted by atomic mass is 15.3. The van der Waals surface area contributed by atoms with Gasteiger partial charge in [0.25, 0.3) is 0 Å². The van der Waals surface area contributed by atoms with Crippen molar-refractivity contribution in [2.75, 3.05) is 23.3 Å². The molecule has 1 aliphatic heterocycles. The van der Waals surface area contributed by atoms with Gasteiger partial charge >= 0.3 is 0 Å². The van der Waals surface area contributed by atoms with Crippen LogP contribution in [0.2, 0.25) is 0 Å². The molecule has 1 fully saturated rings. The quantitative estimate of drug-likeness (QED) is 0.727. The first kappa shape index (κ1) is 17.5. The molecular formula is C21H26N6. The van der Waals surface area contributed by atoms with Crippen LogP contribution in [0.5, 0.6) is 0 Å². The van der Waals surface area contributed by atoms with Crippen molar-refractivity contribution in [3.63, 3.8) is 0 Å². The number of hydrogen-bond acceptors (Lipinski definition) is 5. The lowest BCUT2D eigenvalue weighted by Gasteiger charge is -2.16. The number of aryl methyl sites for hydroxylation is 1. The Hall–Kier alpha value is -2.89. The molecule has 6 nitrogen and oxygen atoms in total. The summed E-state index contributed by atoms with van der Waals surface area (Å²) >= 11 is 0. The zero-order valence-electron chi connectivity index (χ0n) is 16.0. The Labute approximate surface area is 160 Å². The van der Waals surface area contributed by atoms with Gasteiger partial charge in [-0.25, -0.2) is 9.97 Å². The summed E-state index contributed by atoms with van der Waals surface area (Å²) in [5, 5.41) is 8.19. The molecule has 0 aliphatic carbocycles. The molecule has 0 unspecified atom stereocenters. The van der Waals surface area contributed by atoms with Crippen molar-refractivity contribution in [2.45, 2.75) is 39.8 Å². The SMILES string of the molecule is Cc1nn(Cc2ccccc2)c(C)c1CNc1cc(N2CCCC2)ncn1. The number of nitrogens with zero attached hydrogens (tertiary/aromatic N) is 5. The summed E-state index contributed by atoms with van der Waals surface area (Å²) in [6.45, 7) is 7.88. The van der Waals surface area contributed by atoms with Gasteiger partial charge in [0, 0.05) is 37.0 Å². The average Bonchev–Trinajstić information content (AvgIpc) is 3.31. The summed E-state index contributed by atoms with van der Waals surface area (Å²) in [6, 6.07) is 12.5. The Balaban J connectivity index is 1.46. The van der Waals surface area contributed by atoms with E-state index in [0.717, 1.165) is 37.0 Å². The zero-order chi connectivity index (χ0) is 18.6. The van der Waals surface area contributed by atoms with Gasteiger partial charge in [-0.1, -0.05) is 30.3 Å². The molecule has 3 heterocycles. The normalized spacial score (nSPS) is 13.9. The van der Waals surface area contributed by atoms with Crippen LogP contribution in [0, 0.1) is 13.8 Å². The number of anilines is 2. The summed E-state index contributed by atoms with van der Waals surface area (Å²) in [6.07, 6.45) is 4.13. The molecule has 0 radical (unpaired) electrons. The number of benzene rings is 1. The molecule has 140 valence electrons. The minimum absolute atomic E-state index is 0.711. The van der Waals surface area contributed by atoms with E-state index in [0.29, 0.717) is 6.54 Å². The van der Waals surface area contributed by atoms with E-state index in [2.05, 4.69) is 63.0 Å². The highest BCUT2D eigenvalue weighted by Crippen LogP contribution is 2.21. The highest BCUT2D eigenvalue weighted by Gasteiger charge is 2.15. The van der Waals surface area contributed by atoms with Crippen molar-refractivity contribution in [1.29, 1.82) is 0 Å². The van der Waals surface area contributed by atoms with E-state index in [1.54, 1.807) is 6.33 Å². The Kier molecular flexibility index (Phi) is 5.05. The Morgan fingerprint density at radius 2 is 1.81 bits per heavy atom. The van der Waals surface area contributed by atoms with E-state index < -0.39 is 0 Å². The Morgan fingerprint density at radius 3 is 2.59 bits per heavy atom. The first-order chi connectivity index (χ1) is 13.2. The molecule has 2 aromatic heterocycles. The third kappa shape index (κ3) is 3.94. The van der Waals surface area contributed by atoms with Crippen LogP contribution < -0.4 is 10.2 Å². The fraction of sp³-hybridized carbons (Fsp3) is 0.381. The summed E-state index contributed by atoms with van der Waals surface area (Å²) < 4.78 is 2.08. The smallest absolute Gasteiger partial charge is 0.134 e. The largest absolute Gasteiger partial charge is 0.366 e. The lowest BCUT2D eigenvalue weighted by atomic mass is 10.2. The van der Waals surface area contributed by atoms with Gasteiger partial charge in [-0.3, -0.25) is 4.68 Å². The molecule has 0 saturated carbocycles. The molecule has 0 amide bonds. The van der Waals surface area contributed by atoms with Gasteiger partial charge < -0.3 is 10.2 Å². The molecule has 0 bridgehead atoms. The van der Waals surface area contributed by atoms with Gasteiger partial charge in [0.2, 0.25) is 0 Å². The molecule has 4 rings (SSSR count). The first-order valence-electron chi connectivity index (χ1n) is 9.58. The van der Waals surface area contributed by atoms with Crippen molar-refractivity contribution in [3.05, 3.63) is 65.2 Å². The predicted octanol–water partition coefficient (Wildman–Crippen LogP) is 3.55. The second-order valence-electron chi connectivity index (χ2n) is 7.10. The van der Waals surface area contributed by atoms with Gasteiger partial charge in [0.15, 0.2) is 0 Å². The van der Waals surface area contributed by atoms with Gasteiger partial charge in [-0.05, 0) is 32.3 Å². The van der Waals surface area contributed by atoms with Gasteiger partial charge in [-0.15, -0.1) is 0 Å². The number of hydrogen-bond donors (Lipinski definition) is 1. The fourth-order valence-corrected chi connectivity index (χ4v) is 3.64. The van der Waals surface area contributed by atoms with Gasteiger partial charge in [0.1, 0.15) is 18.0 Å². The van der Waals surface area contributed by atoms with Crippen molar-refractivity contribution in [1.82, 2.24) is 19.7 Å². The van der Waals surface area contributed by atoms with Crippen LogP contribution in [0.1, 0.15) is 35.4 Å². The maximum atomic E-state index is 4.73. The van der Waals surface area contributed by atoms with E-state index >= 15 is 0 Å².